The minimum Gasteiger partial charge on any atom is -0.368 e. The van der Waals surface area contributed by atoms with Crippen LogP contribution in [0, 0.1) is 0 Å². The number of carbonyl (C=O) groups excluding carboxylic acids is 1. The average Bonchev–Trinajstić information content (AvgIpc) is 3.15. The Morgan fingerprint density at radius 2 is 2.14 bits per heavy atom. The monoisotopic (exact) mass is 339 g/mol. The zero-order valence-electron chi connectivity index (χ0n) is 11.8. The number of hydrogen-bond acceptors (Lipinski definition) is 3. The summed E-state index contributed by atoms with van der Waals surface area (Å²) in [5, 5.41) is 8.25. The smallest absolute Gasteiger partial charge is 0.254 e. The highest BCUT2D eigenvalue weighted by Crippen LogP contribution is 2.25. The van der Waals surface area contributed by atoms with Crippen LogP contribution < -0.4 is 5.32 Å². The van der Waals surface area contributed by atoms with Gasteiger partial charge in [0.25, 0.3) is 5.91 Å². The fourth-order valence-corrected chi connectivity index (χ4v) is 2.87. The van der Waals surface area contributed by atoms with Crippen LogP contribution in [-0.4, -0.2) is 28.4 Å². The van der Waals surface area contributed by atoms with Gasteiger partial charge in [0.15, 0.2) is 5.82 Å². The number of benzene rings is 1. The van der Waals surface area contributed by atoms with Crippen LogP contribution in [0.5, 0.6) is 0 Å². The molecule has 0 bridgehead atoms. The molecule has 116 valence electrons. The van der Waals surface area contributed by atoms with Crippen LogP contribution in [-0.2, 0) is 16.1 Å². The number of aromatic nitrogens is 2. The Bertz CT molecular complexity index is 661. The van der Waals surface area contributed by atoms with Crippen LogP contribution in [0.1, 0.15) is 18.4 Å². The number of anilines is 1. The van der Waals surface area contributed by atoms with Gasteiger partial charge in [-0.1, -0.05) is 29.3 Å². The van der Waals surface area contributed by atoms with Gasteiger partial charge in [-0.2, -0.15) is 5.10 Å². The summed E-state index contributed by atoms with van der Waals surface area (Å²) in [6.45, 7) is 1.08. The highest BCUT2D eigenvalue weighted by molar-refractivity contribution is 6.35. The maximum Gasteiger partial charge on any atom is 0.254 e. The van der Waals surface area contributed by atoms with Crippen molar-refractivity contribution in [1.82, 2.24) is 9.78 Å². The van der Waals surface area contributed by atoms with E-state index in [4.69, 9.17) is 27.9 Å². The van der Waals surface area contributed by atoms with Crippen molar-refractivity contribution in [2.75, 3.05) is 11.9 Å². The Morgan fingerprint density at radius 1 is 1.36 bits per heavy atom. The second kappa shape index (κ2) is 6.69. The predicted octanol–water partition coefficient (Wildman–Crippen LogP) is 3.36. The Balaban J connectivity index is 1.67. The number of hydrogen-bond donors (Lipinski definition) is 1. The quantitative estimate of drug-likeness (QED) is 0.929. The van der Waals surface area contributed by atoms with E-state index < -0.39 is 0 Å². The van der Waals surface area contributed by atoms with E-state index in [-0.39, 0.29) is 12.0 Å². The Morgan fingerprint density at radius 3 is 2.82 bits per heavy atom. The molecule has 1 N–H and O–H groups in total. The van der Waals surface area contributed by atoms with Crippen molar-refractivity contribution in [3.8, 4) is 0 Å². The van der Waals surface area contributed by atoms with E-state index in [1.54, 1.807) is 35.1 Å². The molecule has 1 saturated heterocycles. The summed E-state index contributed by atoms with van der Waals surface area (Å²) in [5.74, 6) is 0.335. The Labute approximate surface area is 138 Å². The van der Waals surface area contributed by atoms with Gasteiger partial charge in [-0.3, -0.25) is 9.48 Å². The van der Waals surface area contributed by atoms with E-state index in [1.807, 2.05) is 0 Å². The molecule has 0 spiro atoms. The van der Waals surface area contributed by atoms with Gasteiger partial charge in [0.2, 0.25) is 0 Å². The fourth-order valence-electron chi connectivity index (χ4n) is 2.35. The van der Waals surface area contributed by atoms with Gasteiger partial charge in [-0.05, 0) is 25.0 Å². The molecule has 1 fully saturated rings. The summed E-state index contributed by atoms with van der Waals surface area (Å²) in [7, 11) is 0. The molecule has 2 aromatic rings. The molecular weight excluding hydrogens is 325 g/mol. The van der Waals surface area contributed by atoms with Crippen LogP contribution in [0.15, 0.2) is 30.5 Å². The molecule has 7 heteroatoms. The third-order valence-electron chi connectivity index (χ3n) is 3.50. The molecule has 0 saturated carbocycles. The fraction of sp³-hybridized carbons (Fsp3) is 0.333. The number of nitrogens with zero attached hydrogens (tertiary/aromatic N) is 2. The van der Waals surface area contributed by atoms with Crippen molar-refractivity contribution < 1.29 is 9.53 Å². The summed E-state index contributed by atoms with van der Waals surface area (Å²) < 4.78 is 7.02. The van der Waals surface area contributed by atoms with Crippen LogP contribution in [0.25, 0.3) is 0 Å². The maximum absolute atomic E-state index is 12.0. The molecule has 3 rings (SSSR count). The molecule has 1 aromatic carbocycles. The molecule has 22 heavy (non-hydrogen) atoms. The molecule has 1 atom stereocenters. The van der Waals surface area contributed by atoms with Crippen LogP contribution in [0.3, 0.4) is 0 Å². The molecule has 5 nitrogen and oxygen atoms in total. The molecule has 1 aliphatic rings. The number of carbonyl (C=O) groups is 1. The van der Waals surface area contributed by atoms with E-state index in [0.717, 1.165) is 18.4 Å². The minimum atomic E-state index is -0.372. The lowest BCUT2D eigenvalue weighted by molar-refractivity contribution is -0.124. The third kappa shape index (κ3) is 3.43. The first-order valence-corrected chi connectivity index (χ1v) is 7.78. The molecule has 0 aliphatic carbocycles. The van der Waals surface area contributed by atoms with Gasteiger partial charge in [-0.25, -0.2) is 0 Å². The van der Waals surface area contributed by atoms with E-state index in [1.165, 1.54) is 0 Å². The highest BCUT2D eigenvalue weighted by atomic mass is 35.5. The molecule has 1 aromatic heterocycles. The number of ether oxygens (including phenoxy) is 1. The van der Waals surface area contributed by atoms with Crippen LogP contribution >= 0.6 is 23.2 Å². The zero-order valence-corrected chi connectivity index (χ0v) is 13.3. The minimum absolute atomic E-state index is 0.154. The van der Waals surface area contributed by atoms with Crippen molar-refractivity contribution in [2.24, 2.45) is 0 Å². The van der Waals surface area contributed by atoms with Gasteiger partial charge < -0.3 is 10.1 Å². The van der Waals surface area contributed by atoms with Crippen LogP contribution in [0.2, 0.25) is 10.0 Å². The average molecular weight is 340 g/mol. The zero-order chi connectivity index (χ0) is 15.5. The lowest BCUT2D eigenvalue weighted by Gasteiger charge is -2.09. The molecule has 2 heterocycles. The first-order valence-electron chi connectivity index (χ1n) is 7.02. The summed E-state index contributed by atoms with van der Waals surface area (Å²) >= 11 is 12.3. The summed E-state index contributed by atoms with van der Waals surface area (Å²) in [4.78, 5) is 12.0. The SMILES string of the molecule is O=C(Nc1ccn(Cc2c(Cl)cccc2Cl)n1)C1CCCO1. The van der Waals surface area contributed by atoms with E-state index in [9.17, 15) is 4.79 Å². The lowest BCUT2D eigenvalue weighted by atomic mass is 10.2. The normalized spacial score (nSPS) is 17.6. The number of halogens is 2. The standard InChI is InChI=1S/C15H15Cl2N3O2/c16-11-3-1-4-12(17)10(11)9-20-7-6-14(19-20)18-15(21)13-5-2-8-22-13/h1,3-4,6-7,13H,2,5,8-9H2,(H,18,19,21). The Hall–Kier alpha value is -1.56. The van der Waals surface area contributed by atoms with E-state index >= 15 is 0 Å². The maximum atomic E-state index is 12.0. The molecule has 1 amide bonds. The second-order valence-corrected chi connectivity index (χ2v) is 5.90. The van der Waals surface area contributed by atoms with E-state index in [0.29, 0.717) is 29.0 Å². The highest BCUT2D eigenvalue weighted by Gasteiger charge is 2.24. The predicted molar refractivity (Wildman–Crippen MR) is 85.4 cm³/mol. The molecular formula is C15H15Cl2N3O2. The van der Waals surface area contributed by atoms with Crippen molar-refractivity contribution in [3.05, 3.63) is 46.1 Å². The molecule has 0 radical (unpaired) electrons. The summed E-state index contributed by atoms with van der Waals surface area (Å²) in [6.07, 6.45) is 3.06. The topological polar surface area (TPSA) is 56.2 Å². The Kier molecular flexibility index (Phi) is 4.66. The van der Waals surface area contributed by atoms with Gasteiger partial charge in [0, 0.05) is 34.5 Å². The van der Waals surface area contributed by atoms with Crippen LogP contribution in [0.4, 0.5) is 5.82 Å². The van der Waals surface area contributed by atoms with Gasteiger partial charge in [0.05, 0.1) is 6.54 Å². The lowest BCUT2D eigenvalue weighted by Crippen LogP contribution is -2.27. The number of amides is 1. The number of rotatable bonds is 4. The van der Waals surface area contributed by atoms with Gasteiger partial charge in [0.1, 0.15) is 6.10 Å². The third-order valence-corrected chi connectivity index (χ3v) is 4.20. The van der Waals surface area contributed by atoms with Crippen molar-refractivity contribution in [1.29, 1.82) is 0 Å². The summed E-state index contributed by atoms with van der Waals surface area (Å²) in [6, 6.07) is 7.10. The molecule has 1 aliphatic heterocycles. The van der Waals surface area contributed by atoms with Crippen molar-refractivity contribution in [2.45, 2.75) is 25.5 Å². The number of nitrogens with one attached hydrogen (secondary N) is 1. The van der Waals surface area contributed by atoms with Gasteiger partial charge in [-0.15, -0.1) is 0 Å². The largest absolute Gasteiger partial charge is 0.368 e. The second-order valence-electron chi connectivity index (χ2n) is 5.09. The first kappa shape index (κ1) is 15.3. The van der Waals surface area contributed by atoms with E-state index in [2.05, 4.69) is 10.4 Å². The van der Waals surface area contributed by atoms with Gasteiger partial charge >= 0.3 is 0 Å². The first-order chi connectivity index (χ1) is 10.6. The van der Waals surface area contributed by atoms with Crippen molar-refractivity contribution >= 4 is 34.9 Å². The van der Waals surface area contributed by atoms with Crippen molar-refractivity contribution in [3.63, 3.8) is 0 Å². The molecule has 1 unspecified atom stereocenters. The summed E-state index contributed by atoms with van der Waals surface area (Å²) in [5.41, 5.74) is 0.797.